The molecule has 25 heavy (non-hydrogen) atoms. The Kier molecular flexibility index (Phi) is 11.6. The van der Waals surface area contributed by atoms with Crippen LogP contribution in [0.2, 0.25) is 0 Å². The van der Waals surface area contributed by atoms with E-state index in [0.717, 1.165) is 0 Å². The van der Waals surface area contributed by atoms with E-state index in [2.05, 4.69) is 10.3 Å². The van der Waals surface area contributed by atoms with Crippen molar-refractivity contribution in [3.8, 4) is 5.75 Å². The van der Waals surface area contributed by atoms with Crippen molar-refractivity contribution in [1.82, 2.24) is 9.55 Å². The van der Waals surface area contributed by atoms with Crippen LogP contribution in [-0.2, 0) is 16.1 Å². The number of anilines is 1. The van der Waals surface area contributed by atoms with Crippen LogP contribution >= 0.6 is 24.8 Å². The summed E-state index contributed by atoms with van der Waals surface area (Å²) in [7, 11) is 1.54. The van der Waals surface area contributed by atoms with Crippen LogP contribution in [0, 0.1) is 0 Å². The van der Waals surface area contributed by atoms with Crippen LogP contribution in [0.15, 0.2) is 43.0 Å². The minimum absolute atomic E-state index is 0. The second kappa shape index (κ2) is 12.5. The van der Waals surface area contributed by atoms with Crippen LogP contribution in [0.5, 0.6) is 5.75 Å². The molecule has 0 saturated heterocycles. The molecular formula is C16H24Cl2N4O3. The zero-order chi connectivity index (χ0) is 16.5. The van der Waals surface area contributed by atoms with Gasteiger partial charge in [0.1, 0.15) is 12.4 Å². The number of hydrogen-bond acceptors (Lipinski definition) is 5. The van der Waals surface area contributed by atoms with Gasteiger partial charge in [-0.25, -0.2) is 4.98 Å². The average molecular weight is 391 g/mol. The van der Waals surface area contributed by atoms with E-state index in [1.807, 2.05) is 29.0 Å². The lowest BCUT2D eigenvalue weighted by atomic mass is 10.2. The van der Waals surface area contributed by atoms with Crippen LogP contribution < -0.4 is 15.8 Å². The number of aromatic nitrogens is 2. The summed E-state index contributed by atoms with van der Waals surface area (Å²) in [5.74, 6) is 0.468. The van der Waals surface area contributed by atoms with Crippen molar-refractivity contribution in [3.05, 3.63) is 43.0 Å². The number of nitrogens with two attached hydrogens (primary N) is 1. The minimum atomic E-state index is -0.288. The number of carbonyl (C=O) groups is 1. The van der Waals surface area contributed by atoms with Crippen molar-refractivity contribution in [2.75, 3.05) is 25.6 Å². The summed E-state index contributed by atoms with van der Waals surface area (Å²) in [4.78, 5) is 16.0. The molecule has 0 aliphatic heterocycles. The SMILES string of the molecule is COC(CN)CC(=O)Nc1ccccc1OCCn1ccnc1.Cl.Cl. The van der Waals surface area contributed by atoms with E-state index in [9.17, 15) is 4.79 Å². The third-order valence-corrected chi connectivity index (χ3v) is 3.34. The van der Waals surface area contributed by atoms with E-state index >= 15 is 0 Å². The molecule has 1 atom stereocenters. The first-order valence-electron chi connectivity index (χ1n) is 7.43. The van der Waals surface area contributed by atoms with Crippen molar-refractivity contribution in [1.29, 1.82) is 0 Å². The molecule has 2 aromatic rings. The number of methoxy groups -OCH3 is 1. The highest BCUT2D eigenvalue weighted by atomic mass is 35.5. The van der Waals surface area contributed by atoms with Crippen molar-refractivity contribution in [3.63, 3.8) is 0 Å². The second-order valence-corrected chi connectivity index (χ2v) is 4.99. The lowest BCUT2D eigenvalue weighted by molar-refractivity contribution is -0.118. The van der Waals surface area contributed by atoms with Gasteiger partial charge in [-0.1, -0.05) is 12.1 Å². The molecule has 0 spiro atoms. The van der Waals surface area contributed by atoms with Crippen LogP contribution in [0.25, 0.3) is 0 Å². The van der Waals surface area contributed by atoms with E-state index in [1.165, 1.54) is 7.11 Å². The monoisotopic (exact) mass is 390 g/mol. The van der Waals surface area contributed by atoms with Gasteiger partial charge >= 0.3 is 0 Å². The van der Waals surface area contributed by atoms with Crippen LogP contribution in [0.3, 0.4) is 0 Å². The van der Waals surface area contributed by atoms with Crippen molar-refractivity contribution in [2.45, 2.75) is 19.1 Å². The summed E-state index contributed by atoms with van der Waals surface area (Å²) in [5, 5.41) is 2.83. The van der Waals surface area contributed by atoms with Gasteiger partial charge in [-0.15, -0.1) is 24.8 Å². The maximum absolute atomic E-state index is 12.0. The molecule has 7 nitrogen and oxygen atoms in total. The first kappa shape index (κ1) is 23.2. The van der Waals surface area contributed by atoms with Crippen LogP contribution in [0.1, 0.15) is 6.42 Å². The normalized spacial score (nSPS) is 11.0. The maximum Gasteiger partial charge on any atom is 0.227 e. The van der Waals surface area contributed by atoms with E-state index in [-0.39, 0.29) is 43.2 Å². The molecular weight excluding hydrogens is 367 g/mol. The highest BCUT2D eigenvalue weighted by Gasteiger charge is 2.13. The van der Waals surface area contributed by atoms with Gasteiger partial charge < -0.3 is 25.1 Å². The Morgan fingerprint density at radius 2 is 2.12 bits per heavy atom. The minimum Gasteiger partial charge on any atom is -0.490 e. The Morgan fingerprint density at radius 1 is 1.36 bits per heavy atom. The molecule has 140 valence electrons. The molecule has 0 fully saturated rings. The third kappa shape index (κ3) is 7.74. The molecule has 0 aliphatic carbocycles. The molecule has 0 radical (unpaired) electrons. The zero-order valence-electron chi connectivity index (χ0n) is 14.0. The molecule has 3 N–H and O–H groups in total. The Labute approximate surface area is 159 Å². The number of ether oxygens (including phenoxy) is 2. The van der Waals surface area contributed by atoms with Gasteiger partial charge in [0.2, 0.25) is 5.91 Å². The molecule has 0 saturated carbocycles. The highest BCUT2D eigenvalue weighted by molar-refractivity contribution is 5.92. The van der Waals surface area contributed by atoms with Gasteiger partial charge in [-0.05, 0) is 12.1 Å². The summed E-state index contributed by atoms with van der Waals surface area (Å²) >= 11 is 0. The van der Waals surface area contributed by atoms with E-state index in [0.29, 0.717) is 31.1 Å². The number of benzene rings is 1. The number of amides is 1. The average Bonchev–Trinajstić information content (AvgIpc) is 3.07. The largest absolute Gasteiger partial charge is 0.490 e. The van der Waals surface area contributed by atoms with Crippen LogP contribution in [-0.4, -0.2) is 41.8 Å². The standard InChI is InChI=1S/C16H22N4O3.2ClH/c1-22-13(11-17)10-16(21)19-14-4-2-3-5-15(14)23-9-8-20-7-6-18-12-20;;/h2-7,12-13H,8-11,17H2,1H3,(H,19,21);2*1H. The fraction of sp³-hybridized carbons (Fsp3) is 0.375. The molecule has 2 rings (SSSR count). The van der Waals surface area contributed by atoms with Gasteiger partial charge in [0.25, 0.3) is 0 Å². The summed E-state index contributed by atoms with van der Waals surface area (Å²) < 4.78 is 12.8. The smallest absolute Gasteiger partial charge is 0.227 e. The topological polar surface area (TPSA) is 91.4 Å². The fourth-order valence-corrected chi connectivity index (χ4v) is 2.05. The van der Waals surface area contributed by atoms with Crippen molar-refractivity contribution >= 4 is 36.4 Å². The van der Waals surface area contributed by atoms with Gasteiger partial charge in [0.05, 0.1) is 31.1 Å². The molecule has 1 aromatic carbocycles. The summed E-state index contributed by atoms with van der Waals surface area (Å²) in [5.41, 5.74) is 6.16. The summed E-state index contributed by atoms with van der Waals surface area (Å²) in [6.07, 6.45) is 5.24. The number of rotatable bonds is 9. The van der Waals surface area contributed by atoms with Gasteiger partial charge in [-0.3, -0.25) is 4.79 Å². The van der Waals surface area contributed by atoms with Gasteiger partial charge in [-0.2, -0.15) is 0 Å². The Hall–Kier alpha value is -1.80. The Morgan fingerprint density at radius 3 is 2.76 bits per heavy atom. The second-order valence-electron chi connectivity index (χ2n) is 4.99. The van der Waals surface area contributed by atoms with Gasteiger partial charge in [0, 0.05) is 26.0 Å². The van der Waals surface area contributed by atoms with Crippen LogP contribution in [0.4, 0.5) is 5.69 Å². The molecule has 1 amide bonds. The first-order valence-corrected chi connectivity index (χ1v) is 7.43. The molecule has 1 unspecified atom stereocenters. The first-order chi connectivity index (χ1) is 11.2. The van der Waals surface area contributed by atoms with Crippen molar-refractivity contribution in [2.24, 2.45) is 5.73 Å². The zero-order valence-corrected chi connectivity index (χ0v) is 15.6. The molecule has 9 heteroatoms. The number of hydrogen-bond donors (Lipinski definition) is 2. The molecule has 0 bridgehead atoms. The third-order valence-electron chi connectivity index (χ3n) is 3.34. The quantitative estimate of drug-likeness (QED) is 0.683. The lowest BCUT2D eigenvalue weighted by Gasteiger charge is -2.15. The summed E-state index contributed by atoms with van der Waals surface area (Å²) in [6, 6.07) is 7.32. The number of carbonyl (C=O) groups excluding carboxylic acids is 1. The Bertz CT molecular complexity index is 607. The van der Waals surface area contributed by atoms with E-state index < -0.39 is 0 Å². The van der Waals surface area contributed by atoms with Crippen molar-refractivity contribution < 1.29 is 14.3 Å². The number of para-hydroxylation sites is 2. The predicted octanol–water partition coefficient (Wildman–Crippen LogP) is 2.11. The number of nitrogens with zero attached hydrogens (tertiary/aromatic N) is 2. The highest BCUT2D eigenvalue weighted by Crippen LogP contribution is 2.24. The predicted molar refractivity (Wildman–Crippen MR) is 102 cm³/mol. The number of imidazole rings is 1. The van der Waals surface area contributed by atoms with E-state index in [1.54, 1.807) is 18.6 Å². The fourth-order valence-electron chi connectivity index (χ4n) is 2.05. The van der Waals surface area contributed by atoms with E-state index in [4.69, 9.17) is 15.2 Å². The lowest BCUT2D eigenvalue weighted by Crippen LogP contribution is -2.28. The molecule has 0 aliphatic rings. The molecule has 1 heterocycles. The Balaban J connectivity index is 0.00000288. The van der Waals surface area contributed by atoms with Gasteiger partial charge in [0.15, 0.2) is 0 Å². The summed E-state index contributed by atoms with van der Waals surface area (Å²) in [6.45, 7) is 1.46. The maximum atomic E-state index is 12.0. The number of nitrogens with one attached hydrogen (secondary N) is 1. The molecule has 1 aromatic heterocycles. The number of halogens is 2.